The average Bonchev–Trinajstić information content (AvgIpc) is 2.27. The number of ketones is 1. The van der Waals surface area contributed by atoms with Gasteiger partial charge in [0.25, 0.3) is 0 Å². The highest BCUT2D eigenvalue weighted by atomic mass is 16.5. The third-order valence-electron chi connectivity index (χ3n) is 3.67. The van der Waals surface area contributed by atoms with Crippen molar-refractivity contribution in [2.24, 2.45) is 0 Å². The van der Waals surface area contributed by atoms with Crippen LogP contribution in [0.5, 0.6) is 5.75 Å². The van der Waals surface area contributed by atoms with Gasteiger partial charge in [-0.2, -0.15) is 0 Å². The monoisotopic (exact) mass is 247 g/mol. The highest BCUT2D eigenvalue weighted by Crippen LogP contribution is 2.23. The van der Waals surface area contributed by atoms with Crippen molar-refractivity contribution in [3.63, 3.8) is 0 Å². The van der Waals surface area contributed by atoms with Crippen molar-refractivity contribution < 1.29 is 9.53 Å². The number of rotatable bonds is 6. The summed E-state index contributed by atoms with van der Waals surface area (Å²) in [7, 11) is 2.14. The topological polar surface area (TPSA) is 29.5 Å². The quantitative estimate of drug-likeness (QED) is 0.724. The fraction of sp³-hybridized carbons (Fsp3) is 0.533. The molecule has 18 heavy (non-hydrogen) atoms. The van der Waals surface area contributed by atoms with Crippen LogP contribution in [-0.2, 0) is 0 Å². The van der Waals surface area contributed by atoms with Gasteiger partial charge in [-0.25, -0.2) is 0 Å². The van der Waals surface area contributed by atoms with Crippen LogP contribution in [0.15, 0.2) is 24.3 Å². The highest BCUT2D eigenvalue weighted by molar-refractivity contribution is 5.96. The van der Waals surface area contributed by atoms with E-state index in [0.717, 1.165) is 12.6 Å². The Morgan fingerprint density at radius 1 is 1.39 bits per heavy atom. The summed E-state index contributed by atoms with van der Waals surface area (Å²) >= 11 is 0. The molecule has 0 unspecified atom stereocenters. The van der Waals surface area contributed by atoms with Gasteiger partial charge in [0.2, 0.25) is 0 Å². The first-order chi connectivity index (χ1) is 8.68. The van der Waals surface area contributed by atoms with Crippen LogP contribution in [0.1, 0.15) is 36.5 Å². The van der Waals surface area contributed by atoms with Gasteiger partial charge in [-0.1, -0.05) is 18.6 Å². The Morgan fingerprint density at radius 2 is 2.11 bits per heavy atom. The van der Waals surface area contributed by atoms with Crippen LogP contribution in [0.2, 0.25) is 0 Å². The Balaban J connectivity index is 1.84. The second kappa shape index (κ2) is 6.01. The first-order valence-electron chi connectivity index (χ1n) is 6.61. The molecule has 1 aromatic carbocycles. The molecule has 1 saturated carbocycles. The number of ether oxygens (including phenoxy) is 1. The summed E-state index contributed by atoms with van der Waals surface area (Å²) in [6, 6.07) is 8.17. The van der Waals surface area contributed by atoms with Crippen molar-refractivity contribution in [3.05, 3.63) is 29.8 Å². The number of carbonyl (C=O) groups is 1. The molecular weight excluding hydrogens is 226 g/mol. The third-order valence-corrected chi connectivity index (χ3v) is 3.67. The molecule has 0 N–H and O–H groups in total. The van der Waals surface area contributed by atoms with Gasteiger partial charge in [-0.05, 0) is 38.9 Å². The maximum atomic E-state index is 11.4. The maximum absolute atomic E-state index is 11.4. The van der Waals surface area contributed by atoms with E-state index in [1.165, 1.54) is 19.3 Å². The second-order valence-electron chi connectivity index (χ2n) is 4.97. The van der Waals surface area contributed by atoms with Crippen LogP contribution in [0.4, 0.5) is 0 Å². The van der Waals surface area contributed by atoms with E-state index >= 15 is 0 Å². The van der Waals surface area contributed by atoms with Crippen molar-refractivity contribution in [3.8, 4) is 5.75 Å². The summed E-state index contributed by atoms with van der Waals surface area (Å²) < 4.78 is 5.73. The van der Waals surface area contributed by atoms with Gasteiger partial charge in [0, 0.05) is 12.6 Å². The molecule has 0 amide bonds. The van der Waals surface area contributed by atoms with Gasteiger partial charge in [-0.15, -0.1) is 0 Å². The summed E-state index contributed by atoms with van der Waals surface area (Å²) in [6.45, 7) is 3.12. The smallest absolute Gasteiger partial charge is 0.163 e. The SMILES string of the molecule is CC(=O)c1ccccc1OCCN(C)C1CCC1. The number of hydrogen-bond acceptors (Lipinski definition) is 3. The lowest BCUT2D eigenvalue weighted by atomic mass is 9.92. The molecule has 98 valence electrons. The van der Waals surface area contributed by atoms with E-state index in [2.05, 4.69) is 11.9 Å². The molecule has 0 bridgehead atoms. The Kier molecular flexibility index (Phi) is 4.37. The molecule has 1 fully saturated rings. The van der Waals surface area contributed by atoms with Gasteiger partial charge < -0.3 is 9.64 Å². The predicted molar refractivity (Wildman–Crippen MR) is 72.2 cm³/mol. The summed E-state index contributed by atoms with van der Waals surface area (Å²) in [5.41, 5.74) is 0.670. The fourth-order valence-corrected chi connectivity index (χ4v) is 2.19. The number of para-hydroxylation sites is 1. The Labute approximate surface area is 109 Å². The van der Waals surface area contributed by atoms with Crippen molar-refractivity contribution in [1.82, 2.24) is 4.90 Å². The fourth-order valence-electron chi connectivity index (χ4n) is 2.19. The molecular formula is C15H21NO2. The van der Waals surface area contributed by atoms with Crippen LogP contribution < -0.4 is 4.74 Å². The van der Waals surface area contributed by atoms with E-state index in [-0.39, 0.29) is 5.78 Å². The number of carbonyl (C=O) groups excluding carboxylic acids is 1. The maximum Gasteiger partial charge on any atom is 0.163 e. The zero-order valence-corrected chi connectivity index (χ0v) is 11.2. The lowest BCUT2D eigenvalue weighted by molar-refractivity contribution is 0.101. The highest BCUT2D eigenvalue weighted by Gasteiger charge is 2.21. The number of likely N-dealkylation sites (N-methyl/N-ethyl adjacent to an activating group) is 1. The molecule has 1 aromatic rings. The normalized spacial score (nSPS) is 15.5. The van der Waals surface area contributed by atoms with Crippen LogP contribution >= 0.6 is 0 Å². The first kappa shape index (κ1) is 13.1. The number of benzene rings is 1. The van der Waals surface area contributed by atoms with Gasteiger partial charge >= 0.3 is 0 Å². The minimum atomic E-state index is 0.0537. The van der Waals surface area contributed by atoms with Crippen LogP contribution in [-0.4, -0.2) is 36.9 Å². The molecule has 2 rings (SSSR count). The van der Waals surface area contributed by atoms with Crippen molar-refractivity contribution in [1.29, 1.82) is 0 Å². The molecule has 1 aliphatic rings. The molecule has 0 atom stereocenters. The standard InChI is InChI=1S/C15H21NO2/c1-12(17)14-8-3-4-9-15(14)18-11-10-16(2)13-6-5-7-13/h3-4,8-9,13H,5-7,10-11H2,1-2H3. The zero-order chi connectivity index (χ0) is 13.0. The molecule has 0 saturated heterocycles. The van der Waals surface area contributed by atoms with Crippen LogP contribution in [0, 0.1) is 0 Å². The Hall–Kier alpha value is -1.35. The van der Waals surface area contributed by atoms with Gasteiger partial charge in [0.05, 0.1) is 5.56 Å². The van der Waals surface area contributed by atoms with E-state index < -0.39 is 0 Å². The van der Waals surface area contributed by atoms with Crippen molar-refractivity contribution in [2.45, 2.75) is 32.2 Å². The molecule has 0 heterocycles. The number of nitrogens with zero attached hydrogens (tertiary/aromatic N) is 1. The Bertz CT molecular complexity index is 413. The van der Waals surface area contributed by atoms with Gasteiger partial charge in [0.1, 0.15) is 12.4 Å². The zero-order valence-electron chi connectivity index (χ0n) is 11.2. The predicted octanol–water partition coefficient (Wildman–Crippen LogP) is 2.75. The first-order valence-corrected chi connectivity index (χ1v) is 6.61. The van der Waals surface area contributed by atoms with E-state index in [1.807, 2.05) is 24.3 Å². The minimum Gasteiger partial charge on any atom is -0.491 e. The molecule has 3 nitrogen and oxygen atoms in total. The molecule has 0 radical (unpaired) electrons. The lowest BCUT2D eigenvalue weighted by Gasteiger charge is -2.34. The largest absolute Gasteiger partial charge is 0.491 e. The second-order valence-corrected chi connectivity index (χ2v) is 4.97. The van der Waals surface area contributed by atoms with Crippen LogP contribution in [0.25, 0.3) is 0 Å². The van der Waals surface area contributed by atoms with Crippen molar-refractivity contribution >= 4 is 5.78 Å². The summed E-state index contributed by atoms with van der Waals surface area (Å²) in [5, 5.41) is 0. The number of hydrogen-bond donors (Lipinski definition) is 0. The van der Waals surface area contributed by atoms with Gasteiger partial charge in [0.15, 0.2) is 5.78 Å². The van der Waals surface area contributed by atoms with E-state index in [0.29, 0.717) is 17.9 Å². The van der Waals surface area contributed by atoms with E-state index in [1.54, 1.807) is 6.92 Å². The lowest BCUT2D eigenvalue weighted by Crippen LogP contribution is -2.39. The molecule has 0 aliphatic heterocycles. The summed E-state index contributed by atoms with van der Waals surface area (Å²) in [5.74, 6) is 0.755. The molecule has 1 aliphatic carbocycles. The summed E-state index contributed by atoms with van der Waals surface area (Å²) in [4.78, 5) is 13.8. The molecule has 0 spiro atoms. The van der Waals surface area contributed by atoms with Gasteiger partial charge in [-0.3, -0.25) is 4.79 Å². The average molecular weight is 247 g/mol. The number of Topliss-reactive ketones (excluding diaryl/α,β-unsaturated/α-hetero) is 1. The van der Waals surface area contributed by atoms with Crippen LogP contribution in [0.3, 0.4) is 0 Å². The van der Waals surface area contributed by atoms with E-state index in [4.69, 9.17) is 4.74 Å². The molecule has 0 aromatic heterocycles. The summed E-state index contributed by atoms with van der Waals surface area (Å²) in [6.07, 6.45) is 3.96. The van der Waals surface area contributed by atoms with E-state index in [9.17, 15) is 4.79 Å². The van der Waals surface area contributed by atoms with Crippen molar-refractivity contribution in [2.75, 3.05) is 20.2 Å². The molecule has 3 heteroatoms. The Morgan fingerprint density at radius 3 is 2.72 bits per heavy atom. The minimum absolute atomic E-state index is 0.0537. The third kappa shape index (κ3) is 3.10.